The number of aliphatic hydroxyl groups excluding tert-OH is 1. The van der Waals surface area contributed by atoms with Crippen molar-refractivity contribution in [3.63, 3.8) is 0 Å². The lowest BCUT2D eigenvalue weighted by Crippen LogP contribution is -2.33. The van der Waals surface area contributed by atoms with Gasteiger partial charge in [0.15, 0.2) is 0 Å². The van der Waals surface area contributed by atoms with E-state index in [9.17, 15) is 5.11 Å². The molecule has 1 unspecified atom stereocenters. The van der Waals surface area contributed by atoms with Crippen LogP contribution >= 0.6 is 24.0 Å². The standard InChI is InChI=1S/C14H20ClNO2.ClH/c1-11-8-13(4-5-14(11)15)18-10-12(17)9-16-6-2-3-7-16;/h4-5,8,12,17H,2-3,6-7,9-10H2,1H3;1H. The lowest BCUT2D eigenvalue weighted by Gasteiger charge is -2.19. The molecule has 1 atom stereocenters. The third-order valence-electron chi connectivity index (χ3n) is 3.24. The predicted octanol–water partition coefficient (Wildman–Crippen LogP) is 2.91. The summed E-state index contributed by atoms with van der Waals surface area (Å²) in [6, 6.07) is 5.54. The van der Waals surface area contributed by atoms with Crippen LogP contribution in [0.25, 0.3) is 0 Å². The summed E-state index contributed by atoms with van der Waals surface area (Å²) < 4.78 is 5.58. The van der Waals surface area contributed by atoms with Crippen molar-refractivity contribution in [2.75, 3.05) is 26.2 Å². The molecule has 1 aliphatic rings. The van der Waals surface area contributed by atoms with Crippen molar-refractivity contribution in [3.8, 4) is 5.75 Å². The van der Waals surface area contributed by atoms with Crippen molar-refractivity contribution in [1.82, 2.24) is 4.90 Å². The number of aliphatic hydroxyl groups is 1. The minimum atomic E-state index is -0.431. The second-order valence-electron chi connectivity index (χ2n) is 4.88. The Labute approximate surface area is 125 Å². The summed E-state index contributed by atoms with van der Waals surface area (Å²) in [7, 11) is 0. The van der Waals surface area contributed by atoms with E-state index in [0.717, 1.165) is 29.4 Å². The number of rotatable bonds is 5. The fourth-order valence-corrected chi connectivity index (χ4v) is 2.33. The van der Waals surface area contributed by atoms with E-state index < -0.39 is 6.10 Å². The summed E-state index contributed by atoms with van der Waals surface area (Å²) in [4.78, 5) is 2.28. The average molecular weight is 306 g/mol. The molecule has 108 valence electrons. The zero-order chi connectivity index (χ0) is 13.0. The molecule has 1 N–H and O–H groups in total. The zero-order valence-electron chi connectivity index (χ0n) is 11.1. The third kappa shape index (κ3) is 5.19. The summed E-state index contributed by atoms with van der Waals surface area (Å²) in [6.07, 6.45) is 2.05. The largest absolute Gasteiger partial charge is 0.491 e. The number of hydrogen-bond acceptors (Lipinski definition) is 3. The van der Waals surface area contributed by atoms with Crippen LogP contribution in [0.5, 0.6) is 5.75 Å². The second kappa shape index (κ2) is 7.95. The number of β-amino-alcohol motifs (C(OH)–C–C–N with tert-alkyl or cyclic N) is 1. The molecule has 0 aromatic heterocycles. The molecule has 0 spiro atoms. The number of nitrogens with zero attached hydrogens (tertiary/aromatic N) is 1. The maximum absolute atomic E-state index is 9.90. The summed E-state index contributed by atoms with van der Waals surface area (Å²) in [6.45, 7) is 5.16. The highest BCUT2D eigenvalue weighted by atomic mass is 35.5. The SMILES string of the molecule is Cc1cc(OCC(O)CN2CCCC2)ccc1Cl.Cl. The molecular formula is C14H21Cl2NO2. The number of benzene rings is 1. The third-order valence-corrected chi connectivity index (χ3v) is 3.66. The van der Waals surface area contributed by atoms with Gasteiger partial charge in [0.25, 0.3) is 0 Å². The van der Waals surface area contributed by atoms with Gasteiger partial charge in [-0.05, 0) is 56.6 Å². The van der Waals surface area contributed by atoms with Gasteiger partial charge in [-0.2, -0.15) is 0 Å². The molecule has 5 heteroatoms. The van der Waals surface area contributed by atoms with Crippen LogP contribution in [0.15, 0.2) is 18.2 Å². The van der Waals surface area contributed by atoms with E-state index >= 15 is 0 Å². The smallest absolute Gasteiger partial charge is 0.119 e. The van der Waals surface area contributed by atoms with Crippen LogP contribution in [0.3, 0.4) is 0 Å². The lowest BCUT2D eigenvalue weighted by molar-refractivity contribution is 0.0758. The van der Waals surface area contributed by atoms with Crippen LogP contribution in [0.2, 0.25) is 5.02 Å². The Morgan fingerprint density at radius 2 is 2.05 bits per heavy atom. The van der Waals surface area contributed by atoms with E-state index in [1.807, 2.05) is 25.1 Å². The first kappa shape index (κ1) is 16.6. The molecule has 0 aliphatic carbocycles. The second-order valence-corrected chi connectivity index (χ2v) is 5.29. The molecule has 1 heterocycles. The normalized spacial score (nSPS) is 17.0. The van der Waals surface area contributed by atoms with Gasteiger partial charge in [-0.25, -0.2) is 0 Å². The Morgan fingerprint density at radius 3 is 2.68 bits per heavy atom. The molecule has 1 aliphatic heterocycles. The quantitative estimate of drug-likeness (QED) is 0.908. The van der Waals surface area contributed by atoms with Crippen LogP contribution in [0, 0.1) is 6.92 Å². The van der Waals surface area contributed by atoms with E-state index in [0.29, 0.717) is 13.2 Å². The molecule has 1 aromatic rings. The first-order valence-electron chi connectivity index (χ1n) is 6.44. The molecule has 1 saturated heterocycles. The molecule has 0 saturated carbocycles. The van der Waals surface area contributed by atoms with Crippen molar-refractivity contribution >= 4 is 24.0 Å². The van der Waals surface area contributed by atoms with Crippen LogP contribution in [-0.2, 0) is 0 Å². The van der Waals surface area contributed by atoms with Crippen molar-refractivity contribution < 1.29 is 9.84 Å². The van der Waals surface area contributed by atoms with Crippen molar-refractivity contribution in [1.29, 1.82) is 0 Å². The van der Waals surface area contributed by atoms with E-state index in [1.165, 1.54) is 12.8 Å². The highest BCUT2D eigenvalue weighted by Crippen LogP contribution is 2.21. The van der Waals surface area contributed by atoms with Gasteiger partial charge in [0.05, 0.1) is 0 Å². The Balaban J connectivity index is 0.00000180. The van der Waals surface area contributed by atoms with Crippen molar-refractivity contribution in [2.24, 2.45) is 0 Å². The number of hydrogen-bond donors (Lipinski definition) is 1. The predicted molar refractivity (Wildman–Crippen MR) is 80.6 cm³/mol. The van der Waals surface area contributed by atoms with Gasteiger partial charge in [0.1, 0.15) is 18.5 Å². The number of halogens is 2. The fraction of sp³-hybridized carbons (Fsp3) is 0.571. The van der Waals surface area contributed by atoms with Crippen LogP contribution < -0.4 is 4.74 Å². The van der Waals surface area contributed by atoms with Crippen molar-refractivity contribution in [2.45, 2.75) is 25.9 Å². The minimum Gasteiger partial charge on any atom is -0.491 e. The van der Waals surface area contributed by atoms with Gasteiger partial charge in [0.2, 0.25) is 0 Å². The van der Waals surface area contributed by atoms with E-state index in [2.05, 4.69) is 4.90 Å². The Kier molecular flexibility index (Phi) is 6.94. The molecule has 2 rings (SSSR count). The highest BCUT2D eigenvalue weighted by Gasteiger charge is 2.16. The van der Waals surface area contributed by atoms with E-state index in [1.54, 1.807) is 0 Å². The zero-order valence-corrected chi connectivity index (χ0v) is 12.7. The summed E-state index contributed by atoms with van der Waals surface area (Å²) in [5.74, 6) is 0.761. The Morgan fingerprint density at radius 1 is 1.37 bits per heavy atom. The van der Waals surface area contributed by atoms with Gasteiger partial charge in [-0.15, -0.1) is 12.4 Å². The van der Waals surface area contributed by atoms with Gasteiger partial charge >= 0.3 is 0 Å². The molecule has 0 bridgehead atoms. The molecular weight excluding hydrogens is 285 g/mol. The number of aryl methyl sites for hydroxylation is 1. The molecule has 0 amide bonds. The van der Waals surface area contributed by atoms with Crippen LogP contribution in [-0.4, -0.2) is 42.4 Å². The maximum atomic E-state index is 9.90. The summed E-state index contributed by atoms with van der Waals surface area (Å²) in [5.41, 5.74) is 0.989. The first-order valence-corrected chi connectivity index (χ1v) is 6.82. The molecule has 1 fully saturated rings. The fourth-order valence-electron chi connectivity index (χ4n) is 2.22. The minimum absolute atomic E-state index is 0. The maximum Gasteiger partial charge on any atom is 0.119 e. The van der Waals surface area contributed by atoms with E-state index in [4.69, 9.17) is 16.3 Å². The molecule has 0 radical (unpaired) electrons. The van der Waals surface area contributed by atoms with Gasteiger partial charge in [0, 0.05) is 11.6 Å². The van der Waals surface area contributed by atoms with E-state index in [-0.39, 0.29) is 12.4 Å². The molecule has 1 aromatic carbocycles. The highest BCUT2D eigenvalue weighted by molar-refractivity contribution is 6.31. The number of ether oxygens (including phenoxy) is 1. The summed E-state index contributed by atoms with van der Waals surface area (Å²) in [5, 5.41) is 10.6. The van der Waals surface area contributed by atoms with Crippen molar-refractivity contribution in [3.05, 3.63) is 28.8 Å². The molecule has 19 heavy (non-hydrogen) atoms. The topological polar surface area (TPSA) is 32.7 Å². The Bertz CT molecular complexity index is 395. The lowest BCUT2D eigenvalue weighted by atomic mass is 10.2. The van der Waals surface area contributed by atoms with Gasteiger partial charge < -0.3 is 14.7 Å². The monoisotopic (exact) mass is 305 g/mol. The first-order chi connectivity index (χ1) is 8.65. The number of likely N-dealkylation sites (tertiary alicyclic amines) is 1. The van der Waals surface area contributed by atoms with Gasteiger partial charge in [-0.1, -0.05) is 11.6 Å². The Hall–Kier alpha value is -0.480. The van der Waals surface area contributed by atoms with Crippen LogP contribution in [0.1, 0.15) is 18.4 Å². The average Bonchev–Trinajstić information content (AvgIpc) is 2.83. The van der Waals surface area contributed by atoms with Gasteiger partial charge in [-0.3, -0.25) is 0 Å². The summed E-state index contributed by atoms with van der Waals surface area (Å²) >= 11 is 5.95. The van der Waals surface area contributed by atoms with Crippen LogP contribution in [0.4, 0.5) is 0 Å². The molecule has 3 nitrogen and oxygen atoms in total.